The van der Waals surface area contributed by atoms with Crippen LogP contribution < -0.4 is 0 Å². The minimum absolute atomic E-state index is 0.141. The Morgan fingerprint density at radius 2 is 1.94 bits per heavy atom. The molecule has 96 valence electrons. The number of nitrogens with zero attached hydrogens (tertiary/aromatic N) is 1. The Labute approximate surface area is 121 Å². The van der Waals surface area contributed by atoms with Gasteiger partial charge in [-0.3, -0.25) is 4.79 Å². The van der Waals surface area contributed by atoms with E-state index in [1.807, 2.05) is 23.1 Å². The van der Waals surface area contributed by atoms with Crippen LogP contribution in [0.2, 0.25) is 0 Å². The molecule has 2 fully saturated rings. The number of hydrogen-bond acceptors (Lipinski definition) is 2. The Hall–Kier alpha value is -0.480. The van der Waals surface area contributed by atoms with E-state index in [1.54, 1.807) is 0 Å². The highest BCUT2D eigenvalue weighted by Crippen LogP contribution is 2.38. The van der Waals surface area contributed by atoms with Gasteiger partial charge in [0.05, 0.1) is 5.56 Å². The molecule has 1 aromatic carbocycles. The lowest BCUT2D eigenvalue weighted by Crippen LogP contribution is -2.29. The van der Waals surface area contributed by atoms with Crippen molar-refractivity contribution in [2.24, 2.45) is 11.8 Å². The largest absolute Gasteiger partial charge is 0.338 e. The summed E-state index contributed by atoms with van der Waals surface area (Å²) in [5.41, 5.74) is 0.724. The van der Waals surface area contributed by atoms with E-state index in [4.69, 9.17) is 0 Å². The lowest BCUT2D eigenvalue weighted by molar-refractivity contribution is 0.0777. The van der Waals surface area contributed by atoms with E-state index in [1.165, 1.54) is 19.3 Å². The zero-order chi connectivity index (χ0) is 12.7. The quantitative estimate of drug-likeness (QED) is 0.782. The molecule has 1 saturated carbocycles. The summed E-state index contributed by atoms with van der Waals surface area (Å²) in [5.74, 6) is 1.63. The molecule has 1 aliphatic heterocycles. The van der Waals surface area contributed by atoms with Crippen molar-refractivity contribution < 1.29 is 4.79 Å². The van der Waals surface area contributed by atoms with Crippen molar-refractivity contribution >= 4 is 34.5 Å². The highest BCUT2D eigenvalue weighted by Gasteiger charge is 2.38. The number of benzene rings is 1. The summed E-state index contributed by atoms with van der Waals surface area (Å²) in [7, 11) is 0. The molecule has 2 nitrogen and oxygen atoms in total. The van der Waals surface area contributed by atoms with Gasteiger partial charge in [0.2, 0.25) is 0 Å². The highest BCUT2D eigenvalue weighted by molar-refractivity contribution is 9.10. The van der Waals surface area contributed by atoms with Crippen LogP contribution in [0, 0.1) is 11.8 Å². The van der Waals surface area contributed by atoms with Crippen molar-refractivity contribution in [1.29, 1.82) is 0 Å². The van der Waals surface area contributed by atoms with Gasteiger partial charge in [-0.25, -0.2) is 0 Å². The third-order valence-corrected chi connectivity index (χ3v) is 5.07. The van der Waals surface area contributed by atoms with Crippen molar-refractivity contribution in [3.8, 4) is 0 Å². The van der Waals surface area contributed by atoms with Gasteiger partial charge < -0.3 is 4.90 Å². The van der Waals surface area contributed by atoms with Crippen molar-refractivity contribution in [1.82, 2.24) is 4.90 Å². The van der Waals surface area contributed by atoms with E-state index in [9.17, 15) is 4.79 Å². The van der Waals surface area contributed by atoms with Crippen LogP contribution in [0.3, 0.4) is 0 Å². The summed E-state index contributed by atoms with van der Waals surface area (Å²) < 4.78 is 0.961. The van der Waals surface area contributed by atoms with Crippen molar-refractivity contribution in [2.45, 2.75) is 24.2 Å². The van der Waals surface area contributed by atoms with Gasteiger partial charge in [0.15, 0.2) is 0 Å². The molecule has 1 heterocycles. The fraction of sp³-hybridized carbons (Fsp3) is 0.500. The van der Waals surface area contributed by atoms with Gasteiger partial charge in [0, 0.05) is 22.5 Å². The van der Waals surface area contributed by atoms with Crippen molar-refractivity contribution in [3.63, 3.8) is 0 Å². The Morgan fingerprint density at radius 1 is 1.28 bits per heavy atom. The first-order valence-electron chi connectivity index (χ1n) is 6.43. The first-order chi connectivity index (χ1) is 8.65. The standard InChI is InChI=1S/C14H16BrNOS/c15-11-4-5-12(13(18)6-11)14(17)16-7-9-2-1-3-10(9)8-16/h4-6,9-10,18H,1-3,7-8H2. The van der Waals surface area contributed by atoms with Crippen LogP contribution >= 0.6 is 28.6 Å². The first kappa shape index (κ1) is 12.5. The van der Waals surface area contributed by atoms with E-state index >= 15 is 0 Å². The molecule has 18 heavy (non-hydrogen) atoms. The van der Waals surface area contributed by atoms with E-state index < -0.39 is 0 Å². The predicted octanol–water partition coefficient (Wildman–Crippen LogP) is 3.61. The summed E-state index contributed by atoms with van der Waals surface area (Å²) in [6.07, 6.45) is 3.93. The molecule has 1 aliphatic carbocycles. The van der Waals surface area contributed by atoms with Gasteiger partial charge in [0.25, 0.3) is 5.91 Å². The minimum Gasteiger partial charge on any atom is -0.338 e. The number of halogens is 1. The maximum absolute atomic E-state index is 12.5. The van der Waals surface area contributed by atoms with Crippen LogP contribution in [0.5, 0.6) is 0 Å². The third-order valence-electron chi connectivity index (χ3n) is 4.20. The number of carbonyl (C=O) groups excluding carboxylic acids is 1. The Bertz CT molecular complexity index is 479. The molecule has 3 rings (SSSR count). The summed E-state index contributed by atoms with van der Waals surface area (Å²) in [5, 5.41) is 0. The fourth-order valence-corrected chi connectivity index (χ4v) is 4.10. The average molecular weight is 326 g/mol. The number of likely N-dealkylation sites (tertiary alicyclic amines) is 1. The molecule has 2 aliphatic rings. The highest BCUT2D eigenvalue weighted by atomic mass is 79.9. The number of amides is 1. The van der Waals surface area contributed by atoms with Crippen molar-refractivity contribution in [2.75, 3.05) is 13.1 Å². The second-order valence-electron chi connectivity index (χ2n) is 5.32. The van der Waals surface area contributed by atoms with E-state index in [2.05, 4.69) is 28.6 Å². The van der Waals surface area contributed by atoms with Crippen LogP contribution in [0.1, 0.15) is 29.6 Å². The fourth-order valence-electron chi connectivity index (χ4n) is 3.26. The molecule has 2 atom stereocenters. The normalized spacial score (nSPS) is 26.4. The Balaban J connectivity index is 1.79. The maximum Gasteiger partial charge on any atom is 0.255 e. The molecule has 1 aromatic rings. The molecule has 1 amide bonds. The number of thiol groups is 1. The monoisotopic (exact) mass is 325 g/mol. The molecular formula is C14H16BrNOS. The van der Waals surface area contributed by atoms with Gasteiger partial charge in [-0.15, -0.1) is 12.6 Å². The molecular weight excluding hydrogens is 310 g/mol. The third kappa shape index (κ3) is 2.21. The molecule has 0 aromatic heterocycles. The van der Waals surface area contributed by atoms with Crippen LogP contribution in [-0.2, 0) is 0 Å². The SMILES string of the molecule is O=C(c1ccc(Br)cc1S)N1CC2CCCC2C1. The summed E-state index contributed by atoms with van der Waals surface area (Å²) in [6, 6.07) is 5.65. The van der Waals surface area contributed by atoms with Gasteiger partial charge >= 0.3 is 0 Å². The van der Waals surface area contributed by atoms with Gasteiger partial charge in [0.1, 0.15) is 0 Å². The second-order valence-corrected chi connectivity index (χ2v) is 6.72. The number of rotatable bonds is 1. The maximum atomic E-state index is 12.5. The zero-order valence-electron chi connectivity index (χ0n) is 10.1. The summed E-state index contributed by atoms with van der Waals surface area (Å²) in [4.78, 5) is 15.2. The number of carbonyl (C=O) groups is 1. The lowest BCUT2D eigenvalue weighted by atomic mass is 10.0. The topological polar surface area (TPSA) is 20.3 Å². The van der Waals surface area contributed by atoms with Gasteiger partial charge in [-0.05, 0) is 42.9 Å². The molecule has 0 N–H and O–H groups in total. The van der Waals surface area contributed by atoms with Crippen LogP contribution in [0.4, 0.5) is 0 Å². The summed E-state index contributed by atoms with van der Waals surface area (Å²) >= 11 is 7.80. The van der Waals surface area contributed by atoms with Crippen LogP contribution in [-0.4, -0.2) is 23.9 Å². The molecule has 2 unspecified atom stereocenters. The minimum atomic E-state index is 0.141. The predicted molar refractivity (Wildman–Crippen MR) is 78.1 cm³/mol. The van der Waals surface area contributed by atoms with E-state index in [0.717, 1.165) is 39.9 Å². The smallest absolute Gasteiger partial charge is 0.255 e. The van der Waals surface area contributed by atoms with Gasteiger partial charge in [-0.1, -0.05) is 22.4 Å². The average Bonchev–Trinajstić information content (AvgIpc) is 2.87. The molecule has 0 radical (unpaired) electrons. The van der Waals surface area contributed by atoms with Crippen LogP contribution in [0.25, 0.3) is 0 Å². The Kier molecular flexibility index (Phi) is 3.41. The van der Waals surface area contributed by atoms with Gasteiger partial charge in [-0.2, -0.15) is 0 Å². The van der Waals surface area contributed by atoms with E-state index in [0.29, 0.717) is 0 Å². The molecule has 0 bridgehead atoms. The first-order valence-corrected chi connectivity index (χ1v) is 7.67. The zero-order valence-corrected chi connectivity index (χ0v) is 12.6. The number of hydrogen-bond donors (Lipinski definition) is 1. The van der Waals surface area contributed by atoms with Crippen molar-refractivity contribution in [3.05, 3.63) is 28.2 Å². The lowest BCUT2D eigenvalue weighted by Gasteiger charge is -2.18. The van der Waals surface area contributed by atoms with Crippen LogP contribution in [0.15, 0.2) is 27.6 Å². The second kappa shape index (κ2) is 4.89. The van der Waals surface area contributed by atoms with E-state index in [-0.39, 0.29) is 5.91 Å². The summed E-state index contributed by atoms with van der Waals surface area (Å²) in [6.45, 7) is 1.87. The molecule has 0 spiro atoms. The number of fused-ring (bicyclic) bond motifs is 1. The molecule has 4 heteroatoms. The molecule has 1 saturated heterocycles. The Morgan fingerprint density at radius 3 is 2.56 bits per heavy atom.